The second-order valence-electron chi connectivity index (χ2n) is 7.35. The Hall–Kier alpha value is -4.14. The number of nitrogens with zero attached hydrogens (tertiary/aromatic N) is 4. The molecule has 0 radical (unpaired) electrons. The number of rotatable bonds is 7. The van der Waals surface area contributed by atoms with Crippen molar-refractivity contribution in [2.75, 3.05) is 12.5 Å². The molecule has 0 spiro atoms. The number of methoxy groups -OCH3 is 1. The van der Waals surface area contributed by atoms with Crippen LogP contribution in [0.3, 0.4) is 0 Å². The van der Waals surface area contributed by atoms with Crippen molar-refractivity contribution in [2.45, 2.75) is 19.9 Å². The zero-order chi connectivity index (χ0) is 22.7. The van der Waals surface area contributed by atoms with E-state index < -0.39 is 11.2 Å². The predicted molar refractivity (Wildman–Crippen MR) is 125 cm³/mol. The van der Waals surface area contributed by atoms with Crippen LogP contribution in [-0.4, -0.2) is 31.9 Å². The molecule has 2 aromatic carbocycles. The first-order valence-electron chi connectivity index (χ1n) is 10.2. The molecule has 2 N–H and O–H groups in total. The quantitative estimate of drug-likeness (QED) is 0.345. The van der Waals surface area contributed by atoms with E-state index >= 15 is 0 Å². The number of nitrogens with one attached hydrogen (secondary N) is 2. The normalized spacial score (nSPS) is 11.7. The van der Waals surface area contributed by atoms with Gasteiger partial charge in [-0.1, -0.05) is 30.3 Å². The van der Waals surface area contributed by atoms with Gasteiger partial charge in [0.1, 0.15) is 5.75 Å². The number of aromatic amines is 1. The van der Waals surface area contributed by atoms with Crippen LogP contribution in [0.5, 0.6) is 5.75 Å². The Morgan fingerprint density at radius 1 is 1.12 bits per heavy atom. The minimum atomic E-state index is -0.514. The van der Waals surface area contributed by atoms with Crippen molar-refractivity contribution < 1.29 is 4.74 Å². The average Bonchev–Trinajstić information content (AvgIpc) is 3.19. The summed E-state index contributed by atoms with van der Waals surface area (Å²) in [7, 11) is 3.19. The molecule has 4 aromatic rings. The van der Waals surface area contributed by atoms with Crippen molar-refractivity contribution in [3.05, 3.63) is 86.6 Å². The second kappa shape index (κ2) is 8.93. The molecule has 0 saturated carbocycles. The van der Waals surface area contributed by atoms with Crippen LogP contribution in [0.4, 0.5) is 5.95 Å². The Labute approximate surface area is 184 Å². The van der Waals surface area contributed by atoms with Gasteiger partial charge in [-0.25, -0.2) is 10.2 Å². The Balaban J connectivity index is 1.71. The van der Waals surface area contributed by atoms with Crippen LogP contribution in [0, 0.1) is 0 Å². The van der Waals surface area contributed by atoms with E-state index in [1.807, 2.05) is 61.5 Å². The molecule has 0 aliphatic carbocycles. The fourth-order valence-electron chi connectivity index (χ4n) is 3.45. The second-order valence-corrected chi connectivity index (χ2v) is 7.35. The molecular formula is C23H24N6O3. The summed E-state index contributed by atoms with van der Waals surface area (Å²) in [6.07, 6.45) is 0.685. The van der Waals surface area contributed by atoms with Gasteiger partial charge in [-0.3, -0.25) is 14.3 Å². The van der Waals surface area contributed by atoms with Gasteiger partial charge in [0.2, 0.25) is 5.95 Å². The number of fused-ring (bicyclic) bond motifs is 1. The molecule has 0 aliphatic heterocycles. The van der Waals surface area contributed by atoms with Gasteiger partial charge in [-0.2, -0.15) is 10.1 Å². The largest absolute Gasteiger partial charge is 0.497 e. The molecule has 164 valence electrons. The maximum Gasteiger partial charge on any atom is 0.329 e. The molecule has 9 nitrogen and oxygen atoms in total. The lowest BCUT2D eigenvalue weighted by Gasteiger charge is -2.09. The number of imidazole rings is 1. The topological polar surface area (TPSA) is 106 Å². The first-order chi connectivity index (χ1) is 15.5. The minimum absolute atomic E-state index is 0.298. The van der Waals surface area contributed by atoms with E-state index in [0.717, 1.165) is 22.6 Å². The van der Waals surface area contributed by atoms with Crippen LogP contribution >= 0.6 is 0 Å². The summed E-state index contributed by atoms with van der Waals surface area (Å²) >= 11 is 0. The molecule has 9 heteroatoms. The SMILES string of the molecule is COc1ccc(C(C)=NNc2nc3c(c(=O)[nH]c(=O)n3C)n2CCc2ccccc2)cc1. The summed E-state index contributed by atoms with van der Waals surface area (Å²) in [6, 6.07) is 17.5. The fourth-order valence-corrected chi connectivity index (χ4v) is 3.45. The number of aromatic nitrogens is 4. The Kier molecular flexibility index (Phi) is 5.89. The van der Waals surface area contributed by atoms with Gasteiger partial charge >= 0.3 is 5.69 Å². The molecule has 0 fully saturated rings. The molecule has 32 heavy (non-hydrogen) atoms. The van der Waals surface area contributed by atoms with Crippen LogP contribution in [0.15, 0.2) is 69.3 Å². The van der Waals surface area contributed by atoms with Gasteiger partial charge in [-0.15, -0.1) is 0 Å². The van der Waals surface area contributed by atoms with Gasteiger partial charge in [0.25, 0.3) is 5.56 Å². The average molecular weight is 432 g/mol. The van der Waals surface area contributed by atoms with Crippen LogP contribution < -0.4 is 21.4 Å². The van der Waals surface area contributed by atoms with E-state index in [9.17, 15) is 9.59 Å². The Morgan fingerprint density at radius 3 is 2.53 bits per heavy atom. The summed E-state index contributed by atoms with van der Waals surface area (Å²) in [6.45, 7) is 2.36. The highest BCUT2D eigenvalue weighted by Gasteiger charge is 2.17. The van der Waals surface area contributed by atoms with E-state index in [4.69, 9.17) is 4.74 Å². The molecule has 0 bridgehead atoms. The maximum atomic E-state index is 12.6. The highest BCUT2D eigenvalue weighted by Crippen LogP contribution is 2.17. The van der Waals surface area contributed by atoms with E-state index in [1.54, 1.807) is 18.7 Å². The molecule has 0 unspecified atom stereocenters. The number of hydrazone groups is 1. The molecule has 0 aliphatic rings. The van der Waals surface area contributed by atoms with Gasteiger partial charge in [0.15, 0.2) is 11.2 Å². The number of aryl methyl sites for hydroxylation is 3. The Bertz CT molecular complexity index is 1380. The van der Waals surface area contributed by atoms with Crippen LogP contribution in [-0.2, 0) is 20.0 Å². The van der Waals surface area contributed by atoms with Crippen LogP contribution in [0.25, 0.3) is 11.2 Å². The third kappa shape index (κ3) is 4.18. The lowest BCUT2D eigenvalue weighted by Crippen LogP contribution is -2.29. The summed E-state index contributed by atoms with van der Waals surface area (Å²) < 4.78 is 8.27. The zero-order valence-electron chi connectivity index (χ0n) is 18.1. The minimum Gasteiger partial charge on any atom is -0.497 e. The molecule has 4 rings (SSSR count). The zero-order valence-corrected chi connectivity index (χ0v) is 18.1. The van der Waals surface area contributed by atoms with Crippen molar-refractivity contribution >= 4 is 22.8 Å². The van der Waals surface area contributed by atoms with Crippen molar-refractivity contribution in [3.8, 4) is 5.75 Å². The Morgan fingerprint density at radius 2 is 1.84 bits per heavy atom. The standard InChI is InChI=1S/C23H24N6O3/c1-15(17-9-11-18(32-3)12-10-17)26-27-22-24-20-19(21(30)25-23(31)28(20)2)29(22)14-13-16-7-5-4-6-8-16/h4-12H,13-14H2,1-3H3,(H,24,27)(H,25,30,31). The number of benzene rings is 2. The highest BCUT2D eigenvalue weighted by molar-refractivity contribution is 5.99. The predicted octanol–water partition coefficient (Wildman–Crippen LogP) is 2.51. The summed E-state index contributed by atoms with van der Waals surface area (Å²) in [5.74, 6) is 1.15. The lowest BCUT2D eigenvalue weighted by atomic mass is 10.1. The van der Waals surface area contributed by atoms with Gasteiger partial charge in [-0.05, 0) is 48.7 Å². The number of anilines is 1. The summed E-state index contributed by atoms with van der Waals surface area (Å²) in [5, 5.41) is 4.46. The van der Waals surface area contributed by atoms with E-state index in [-0.39, 0.29) is 0 Å². The van der Waals surface area contributed by atoms with Gasteiger partial charge in [0, 0.05) is 13.6 Å². The highest BCUT2D eigenvalue weighted by atomic mass is 16.5. The maximum absolute atomic E-state index is 12.6. The van der Waals surface area contributed by atoms with Crippen LogP contribution in [0.1, 0.15) is 18.1 Å². The van der Waals surface area contributed by atoms with Crippen molar-refractivity contribution in [2.24, 2.45) is 12.1 Å². The monoisotopic (exact) mass is 432 g/mol. The third-order valence-electron chi connectivity index (χ3n) is 5.31. The van der Waals surface area contributed by atoms with Crippen molar-refractivity contribution in [3.63, 3.8) is 0 Å². The third-order valence-corrected chi connectivity index (χ3v) is 5.31. The van der Waals surface area contributed by atoms with E-state index in [1.165, 1.54) is 4.57 Å². The van der Waals surface area contributed by atoms with Gasteiger partial charge in [0.05, 0.1) is 12.8 Å². The molecule has 0 saturated heterocycles. The first-order valence-corrected chi connectivity index (χ1v) is 10.2. The molecule has 2 heterocycles. The summed E-state index contributed by atoms with van der Waals surface area (Å²) in [5.41, 5.74) is 5.38. The van der Waals surface area contributed by atoms with E-state index in [0.29, 0.717) is 30.1 Å². The lowest BCUT2D eigenvalue weighted by molar-refractivity contribution is 0.415. The van der Waals surface area contributed by atoms with Gasteiger partial charge < -0.3 is 9.30 Å². The number of ether oxygens (including phenoxy) is 1. The molecule has 0 atom stereocenters. The molecule has 0 amide bonds. The smallest absolute Gasteiger partial charge is 0.329 e. The first kappa shape index (κ1) is 21.1. The molecule has 2 aromatic heterocycles. The molecular weight excluding hydrogens is 408 g/mol. The van der Waals surface area contributed by atoms with Crippen molar-refractivity contribution in [1.82, 2.24) is 19.1 Å². The summed E-state index contributed by atoms with van der Waals surface area (Å²) in [4.78, 5) is 31.5. The van der Waals surface area contributed by atoms with Crippen molar-refractivity contribution in [1.29, 1.82) is 0 Å². The number of hydrogen-bond donors (Lipinski definition) is 2. The fraction of sp³-hybridized carbons (Fsp3) is 0.217. The van der Waals surface area contributed by atoms with Crippen LogP contribution in [0.2, 0.25) is 0 Å². The number of H-pyrrole nitrogens is 1. The van der Waals surface area contributed by atoms with E-state index in [2.05, 4.69) is 20.5 Å². The number of hydrogen-bond acceptors (Lipinski definition) is 6.